The molecule has 1 aliphatic heterocycles. The number of benzene rings is 1. The molecule has 0 bridgehead atoms. The van der Waals surface area contributed by atoms with E-state index in [-0.39, 0.29) is 5.54 Å². The lowest BCUT2D eigenvalue weighted by Crippen LogP contribution is -2.58. The second kappa shape index (κ2) is 6.12. The molecule has 0 aliphatic carbocycles. The largest absolute Gasteiger partial charge is 0.309 e. The standard InChI is InChI=1S/C18H25N3/c1-3-18(2)14-21(13-11-20-18)12-9-16-7-4-6-15-8-5-10-19-17(15)16/h4-8,10,20H,3,9,11-14H2,1-2H3. The van der Waals surface area contributed by atoms with Crippen molar-refractivity contribution in [2.45, 2.75) is 32.2 Å². The van der Waals surface area contributed by atoms with Crippen molar-refractivity contribution in [2.75, 3.05) is 26.2 Å². The highest BCUT2D eigenvalue weighted by molar-refractivity contribution is 5.81. The highest BCUT2D eigenvalue weighted by Gasteiger charge is 2.28. The summed E-state index contributed by atoms with van der Waals surface area (Å²) in [7, 11) is 0. The van der Waals surface area contributed by atoms with Gasteiger partial charge in [-0.1, -0.05) is 31.2 Å². The smallest absolute Gasteiger partial charge is 0.0734 e. The van der Waals surface area contributed by atoms with Crippen LogP contribution < -0.4 is 5.32 Å². The first-order valence-corrected chi connectivity index (χ1v) is 8.00. The number of hydrogen-bond donors (Lipinski definition) is 1. The number of rotatable bonds is 4. The molecule has 1 unspecified atom stereocenters. The maximum atomic E-state index is 4.56. The summed E-state index contributed by atoms with van der Waals surface area (Å²) in [5.41, 5.74) is 2.80. The lowest BCUT2D eigenvalue weighted by atomic mass is 9.95. The average molecular weight is 283 g/mol. The van der Waals surface area contributed by atoms with Crippen molar-refractivity contribution in [1.29, 1.82) is 0 Å². The van der Waals surface area contributed by atoms with E-state index < -0.39 is 0 Å². The molecule has 1 aromatic heterocycles. The molecule has 3 heteroatoms. The molecule has 1 saturated heterocycles. The van der Waals surface area contributed by atoms with Gasteiger partial charge < -0.3 is 5.32 Å². The Kier molecular flexibility index (Phi) is 4.22. The molecule has 2 aromatic rings. The Bertz CT molecular complexity index is 605. The van der Waals surface area contributed by atoms with Crippen LogP contribution in [0, 0.1) is 0 Å². The van der Waals surface area contributed by atoms with Gasteiger partial charge in [0.15, 0.2) is 0 Å². The van der Waals surface area contributed by atoms with E-state index in [2.05, 4.69) is 53.3 Å². The normalized spacial score (nSPS) is 23.5. The fourth-order valence-corrected chi connectivity index (χ4v) is 3.22. The molecule has 2 heterocycles. The van der Waals surface area contributed by atoms with Gasteiger partial charge in [0.1, 0.15) is 0 Å². The zero-order valence-electron chi connectivity index (χ0n) is 13.1. The fourth-order valence-electron chi connectivity index (χ4n) is 3.22. The molecule has 1 aliphatic rings. The zero-order valence-corrected chi connectivity index (χ0v) is 13.1. The summed E-state index contributed by atoms with van der Waals surface area (Å²) in [6.45, 7) is 9.10. The SMILES string of the molecule is CCC1(C)CN(CCc2cccc3cccnc23)CCN1. The maximum Gasteiger partial charge on any atom is 0.0734 e. The first kappa shape index (κ1) is 14.5. The highest BCUT2D eigenvalue weighted by Crippen LogP contribution is 2.19. The number of nitrogens with one attached hydrogen (secondary N) is 1. The Balaban J connectivity index is 1.69. The zero-order chi connectivity index (χ0) is 14.7. The summed E-state index contributed by atoms with van der Waals surface area (Å²) in [5, 5.41) is 4.89. The van der Waals surface area contributed by atoms with Gasteiger partial charge in [-0.2, -0.15) is 0 Å². The summed E-state index contributed by atoms with van der Waals surface area (Å²) in [6, 6.07) is 10.7. The van der Waals surface area contributed by atoms with E-state index in [0.29, 0.717) is 0 Å². The Labute approximate surface area is 127 Å². The highest BCUT2D eigenvalue weighted by atomic mass is 15.2. The van der Waals surface area contributed by atoms with Gasteiger partial charge in [-0.25, -0.2) is 0 Å². The number of pyridine rings is 1. The van der Waals surface area contributed by atoms with E-state index in [0.717, 1.165) is 38.1 Å². The van der Waals surface area contributed by atoms with Gasteiger partial charge in [-0.15, -0.1) is 0 Å². The van der Waals surface area contributed by atoms with Crippen molar-refractivity contribution in [3.05, 3.63) is 42.1 Å². The Morgan fingerprint density at radius 1 is 1.29 bits per heavy atom. The fraction of sp³-hybridized carbons (Fsp3) is 0.500. The minimum absolute atomic E-state index is 0.273. The van der Waals surface area contributed by atoms with Crippen LogP contribution in [0.4, 0.5) is 0 Å². The van der Waals surface area contributed by atoms with Crippen LogP contribution in [0.3, 0.4) is 0 Å². The molecule has 0 spiro atoms. The Morgan fingerprint density at radius 2 is 2.14 bits per heavy atom. The first-order chi connectivity index (χ1) is 10.2. The minimum atomic E-state index is 0.273. The number of fused-ring (bicyclic) bond motifs is 1. The van der Waals surface area contributed by atoms with E-state index in [1.165, 1.54) is 17.4 Å². The molecule has 1 fully saturated rings. The van der Waals surface area contributed by atoms with Crippen molar-refractivity contribution in [2.24, 2.45) is 0 Å². The van der Waals surface area contributed by atoms with Crippen LogP contribution in [-0.2, 0) is 6.42 Å². The monoisotopic (exact) mass is 283 g/mol. The van der Waals surface area contributed by atoms with E-state index in [9.17, 15) is 0 Å². The quantitative estimate of drug-likeness (QED) is 0.935. The number of para-hydroxylation sites is 1. The van der Waals surface area contributed by atoms with E-state index in [4.69, 9.17) is 0 Å². The number of hydrogen-bond acceptors (Lipinski definition) is 3. The lowest BCUT2D eigenvalue weighted by Gasteiger charge is -2.41. The van der Waals surface area contributed by atoms with Crippen molar-refractivity contribution >= 4 is 10.9 Å². The number of aromatic nitrogens is 1. The van der Waals surface area contributed by atoms with Crippen molar-refractivity contribution in [3.63, 3.8) is 0 Å². The lowest BCUT2D eigenvalue weighted by molar-refractivity contribution is 0.141. The van der Waals surface area contributed by atoms with Gasteiger partial charge in [-0.05, 0) is 31.4 Å². The van der Waals surface area contributed by atoms with Gasteiger partial charge in [0.2, 0.25) is 0 Å². The Hall–Kier alpha value is -1.45. The van der Waals surface area contributed by atoms with Crippen LogP contribution in [-0.4, -0.2) is 41.6 Å². The van der Waals surface area contributed by atoms with Crippen LogP contribution in [0.5, 0.6) is 0 Å². The van der Waals surface area contributed by atoms with Crippen LogP contribution in [0.2, 0.25) is 0 Å². The molecular formula is C18H25N3. The Morgan fingerprint density at radius 3 is 3.00 bits per heavy atom. The number of nitrogens with zero attached hydrogens (tertiary/aromatic N) is 2. The summed E-state index contributed by atoms with van der Waals surface area (Å²) >= 11 is 0. The second-order valence-corrected chi connectivity index (χ2v) is 6.36. The first-order valence-electron chi connectivity index (χ1n) is 8.00. The molecule has 21 heavy (non-hydrogen) atoms. The summed E-state index contributed by atoms with van der Waals surface area (Å²) in [5.74, 6) is 0. The third-order valence-corrected chi connectivity index (χ3v) is 4.75. The molecule has 1 N–H and O–H groups in total. The predicted molar refractivity (Wildman–Crippen MR) is 88.6 cm³/mol. The van der Waals surface area contributed by atoms with Crippen LogP contribution in [0.15, 0.2) is 36.5 Å². The third kappa shape index (κ3) is 3.25. The molecule has 3 nitrogen and oxygen atoms in total. The van der Waals surface area contributed by atoms with Crippen molar-refractivity contribution in [1.82, 2.24) is 15.2 Å². The molecule has 3 rings (SSSR count). The molecule has 112 valence electrons. The molecule has 0 amide bonds. The second-order valence-electron chi connectivity index (χ2n) is 6.36. The van der Waals surface area contributed by atoms with Crippen LogP contribution in [0.1, 0.15) is 25.8 Å². The summed E-state index contributed by atoms with van der Waals surface area (Å²) < 4.78 is 0. The van der Waals surface area contributed by atoms with E-state index in [1.807, 2.05) is 12.3 Å². The van der Waals surface area contributed by atoms with Gasteiger partial charge >= 0.3 is 0 Å². The van der Waals surface area contributed by atoms with Gasteiger partial charge in [0, 0.05) is 43.3 Å². The summed E-state index contributed by atoms with van der Waals surface area (Å²) in [4.78, 5) is 7.14. The molecule has 1 aromatic carbocycles. The van der Waals surface area contributed by atoms with Gasteiger partial charge in [0.05, 0.1) is 5.52 Å². The van der Waals surface area contributed by atoms with Crippen LogP contribution >= 0.6 is 0 Å². The minimum Gasteiger partial charge on any atom is -0.309 e. The van der Waals surface area contributed by atoms with Gasteiger partial charge in [-0.3, -0.25) is 9.88 Å². The maximum absolute atomic E-state index is 4.56. The molecule has 1 atom stereocenters. The van der Waals surface area contributed by atoms with Crippen molar-refractivity contribution < 1.29 is 0 Å². The molecule has 0 saturated carbocycles. The molecule has 0 radical (unpaired) electrons. The predicted octanol–water partition coefficient (Wildman–Crippen LogP) is 2.85. The van der Waals surface area contributed by atoms with Crippen molar-refractivity contribution in [3.8, 4) is 0 Å². The summed E-state index contributed by atoms with van der Waals surface area (Å²) in [6.07, 6.45) is 4.15. The average Bonchev–Trinajstić information content (AvgIpc) is 2.53. The topological polar surface area (TPSA) is 28.2 Å². The third-order valence-electron chi connectivity index (χ3n) is 4.75. The van der Waals surface area contributed by atoms with E-state index in [1.54, 1.807) is 0 Å². The van der Waals surface area contributed by atoms with E-state index >= 15 is 0 Å². The van der Waals surface area contributed by atoms with Crippen LogP contribution in [0.25, 0.3) is 10.9 Å². The van der Waals surface area contributed by atoms with Gasteiger partial charge in [0.25, 0.3) is 0 Å². The number of piperazine rings is 1. The molecular weight excluding hydrogens is 258 g/mol.